The van der Waals surface area contributed by atoms with Gasteiger partial charge in [0.05, 0.1) is 35.6 Å². The van der Waals surface area contributed by atoms with Crippen molar-refractivity contribution in [3.8, 4) is 11.5 Å². The Morgan fingerprint density at radius 3 is 2.58 bits per heavy atom. The Labute approximate surface area is 214 Å². The lowest BCUT2D eigenvalue weighted by atomic mass is 9.95. The van der Waals surface area contributed by atoms with Crippen molar-refractivity contribution in [1.29, 1.82) is 0 Å². The van der Waals surface area contributed by atoms with Crippen LogP contribution in [0.3, 0.4) is 0 Å². The maximum absolute atomic E-state index is 13.8. The van der Waals surface area contributed by atoms with Gasteiger partial charge in [-0.2, -0.15) is 0 Å². The molecule has 2 heterocycles. The van der Waals surface area contributed by atoms with Crippen LogP contribution in [0, 0.1) is 6.92 Å². The standard InChI is InChI=1S/C28H30N2O5S/c1-7-34-27(32)24-18(5)29-28-30(25(24)20-10-8-9-11-22(20)35-16(2)3)26(31)23(36-28)15-19-12-13-21(33-6)17(4)14-19/h8-16,25H,7H2,1-6H3/b23-15+/t25-/m1/s1. The second-order valence-electron chi connectivity index (χ2n) is 8.74. The summed E-state index contributed by atoms with van der Waals surface area (Å²) in [6, 6.07) is 12.5. The molecule has 36 heavy (non-hydrogen) atoms. The summed E-state index contributed by atoms with van der Waals surface area (Å²) in [6.07, 6.45) is 1.75. The van der Waals surface area contributed by atoms with E-state index in [2.05, 4.69) is 4.99 Å². The number of carbonyl (C=O) groups excluding carboxylic acids is 1. The predicted molar refractivity (Wildman–Crippen MR) is 140 cm³/mol. The SMILES string of the molecule is CCOC(=O)C1=C(C)N=c2s/c(=C/c3ccc(OC)c(C)c3)c(=O)n2[C@@H]1c1ccccc1OC(C)C. The van der Waals surface area contributed by atoms with Crippen LogP contribution in [0.15, 0.2) is 63.5 Å². The third-order valence-corrected chi connectivity index (χ3v) is 6.79. The first-order valence-electron chi connectivity index (χ1n) is 11.8. The number of fused-ring (bicyclic) bond motifs is 1. The maximum atomic E-state index is 13.8. The normalized spacial score (nSPS) is 15.5. The van der Waals surface area contributed by atoms with Crippen LogP contribution in [0.5, 0.6) is 11.5 Å². The Kier molecular flexibility index (Phi) is 7.45. The van der Waals surface area contributed by atoms with Crippen LogP contribution in [0.2, 0.25) is 0 Å². The number of rotatable bonds is 7. The number of methoxy groups -OCH3 is 1. The van der Waals surface area contributed by atoms with E-state index in [0.29, 0.717) is 31.9 Å². The minimum absolute atomic E-state index is 0.0866. The highest BCUT2D eigenvalue weighted by Crippen LogP contribution is 2.36. The molecule has 0 unspecified atom stereocenters. The molecule has 3 aromatic rings. The summed E-state index contributed by atoms with van der Waals surface area (Å²) in [5, 5.41) is 0. The minimum atomic E-state index is -0.727. The highest BCUT2D eigenvalue weighted by atomic mass is 32.1. The number of allylic oxidation sites excluding steroid dienone is 1. The van der Waals surface area contributed by atoms with E-state index in [-0.39, 0.29) is 18.3 Å². The molecular formula is C28H30N2O5S. The van der Waals surface area contributed by atoms with Gasteiger partial charge in [0.25, 0.3) is 5.56 Å². The zero-order chi connectivity index (χ0) is 26.0. The van der Waals surface area contributed by atoms with Gasteiger partial charge in [0, 0.05) is 5.56 Å². The summed E-state index contributed by atoms with van der Waals surface area (Å²) in [5.41, 5.74) is 3.17. The van der Waals surface area contributed by atoms with Crippen LogP contribution in [0.1, 0.15) is 50.4 Å². The van der Waals surface area contributed by atoms with E-state index in [9.17, 15) is 9.59 Å². The molecule has 0 saturated heterocycles. The van der Waals surface area contributed by atoms with Gasteiger partial charge in [-0.05, 0) is 70.0 Å². The predicted octanol–water partition coefficient (Wildman–Crippen LogP) is 3.90. The molecule has 0 aliphatic carbocycles. The number of nitrogens with zero attached hydrogens (tertiary/aromatic N) is 2. The number of hydrogen-bond donors (Lipinski definition) is 0. The van der Waals surface area contributed by atoms with Crippen molar-refractivity contribution in [1.82, 2.24) is 4.57 Å². The first-order valence-corrected chi connectivity index (χ1v) is 12.7. The zero-order valence-electron chi connectivity index (χ0n) is 21.3. The van der Waals surface area contributed by atoms with E-state index >= 15 is 0 Å². The number of thiazole rings is 1. The monoisotopic (exact) mass is 506 g/mol. The Balaban J connectivity index is 1.96. The fourth-order valence-electron chi connectivity index (χ4n) is 4.30. The lowest BCUT2D eigenvalue weighted by Gasteiger charge is -2.26. The van der Waals surface area contributed by atoms with E-state index < -0.39 is 12.0 Å². The average Bonchev–Trinajstić information content (AvgIpc) is 3.13. The molecule has 7 nitrogen and oxygen atoms in total. The fraction of sp³-hybridized carbons (Fsp3) is 0.321. The summed E-state index contributed by atoms with van der Waals surface area (Å²) in [4.78, 5) is 32.1. The van der Waals surface area contributed by atoms with Crippen molar-refractivity contribution in [2.24, 2.45) is 4.99 Å². The number of carbonyl (C=O) groups is 1. The van der Waals surface area contributed by atoms with Crippen LogP contribution in [-0.2, 0) is 9.53 Å². The Hall–Kier alpha value is -3.65. The molecule has 188 valence electrons. The summed E-state index contributed by atoms with van der Waals surface area (Å²) in [7, 11) is 1.63. The Bertz CT molecular complexity index is 1510. The summed E-state index contributed by atoms with van der Waals surface area (Å²) in [5.74, 6) is 0.891. The van der Waals surface area contributed by atoms with Crippen molar-refractivity contribution in [2.75, 3.05) is 13.7 Å². The quantitative estimate of drug-likeness (QED) is 0.454. The first kappa shape index (κ1) is 25.4. The summed E-state index contributed by atoms with van der Waals surface area (Å²) < 4.78 is 18.9. The second kappa shape index (κ2) is 10.5. The first-order chi connectivity index (χ1) is 17.2. The van der Waals surface area contributed by atoms with Gasteiger partial charge >= 0.3 is 5.97 Å². The van der Waals surface area contributed by atoms with Crippen molar-refractivity contribution >= 4 is 23.4 Å². The summed E-state index contributed by atoms with van der Waals surface area (Å²) >= 11 is 1.29. The van der Waals surface area contributed by atoms with E-state index in [1.165, 1.54) is 11.3 Å². The third-order valence-electron chi connectivity index (χ3n) is 5.81. The molecule has 1 aliphatic rings. The third kappa shape index (κ3) is 4.86. The van der Waals surface area contributed by atoms with Gasteiger partial charge in [0.1, 0.15) is 17.5 Å². The van der Waals surface area contributed by atoms with Gasteiger partial charge in [-0.3, -0.25) is 9.36 Å². The number of benzene rings is 2. The molecular weight excluding hydrogens is 476 g/mol. The fourth-order valence-corrected chi connectivity index (χ4v) is 5.34. The van der Waals surface area contributed by atoms with E-state index in [4.69, 9.17) is 14.2 Å². The molecule has 0 radical (unpaired) electrons. The van der Waals surface area contributed by atoms with E-state index in [1.807, 2.05) is 69.3 Å². The molecule has 1 aromatic heterocycles. The molecule has 1 aliphatic heterocycles. The molecule has 8 heteroatoms. The number of esters is 1. The molecule has 2 aromatic carbocycles. The molecule has 0 bridgehead atoms. The number of aromatic nitrogens is 1. The smallest absolute Gasteiger partial charge is 0.338 e. The number of para-hydroxylation sites is 1. The molecule has 0 saturated carbocycles. The molecule has 4 rings (SSSR count). The van der Waals surface area contributed by atoms with Crippen LogP contribution >= 0.6 is 11.3 Å². The van der Waals surface area contributed by atoms with Crippen molar-refractivity contribution < 1.29 is 19.0 Å². The van der Waals surface area contributed by atoms with Crippen molar-refractivity contribution in [3.63, 3.8) is 0 Å². The van der Waals surface area contributed by atoms with E-state index in [0.717, 1.165) is 16.9 Å². The maximum Gasteiger partial charge on any atom is 0.338 e. The lowest BCUT2D eigenvalue weighted by molar-refractivity contribution is -0.139. The van der Waals surface area contributed by atoms with Gasteiger partial charge < -0.3 is 14.2 Å². The van der Waals surface area contributed by atoms with Gasteiger partial charge in [-0.15, -0.1) is 0 Å². The lowest BCUT2D eigenvalue weighted by Crippen LogP contribution is -2.40. The number of hydrogen-bond acceptors (Lipinski definition) is 7. The number of ether oxygens (including phenoxy) is 3. The summed E-state index contributed by atoms with van der Waals surface area (Å²) in [6.45, 7) is 9.57. The molecule has 0 fully saturated rings. The second-order valence-corrected chi connectivity index (χ2v) is 9.74. The van der Waals surface area contributed by atoms with Gasteiger partial charge in [0.2, 0.25) is 0 Å². The number of aryl methyl sites for hydroxylation is 1. The van der Waals surface area contributed by atoms with Gasteiger partial charge in [0.15, 0.2) is 4.80 Å². The zero-order valence-corrected chi connectivity index (χ0v) is 22.1. The largest absolute Gasteiger partial charge is 0.496 e. The van der Waals surface area contributed by atoms with E-state index in [1.54, 1.807) is 25.5 Å². The van der Waals surface area contributed by atoms with Crippen LogP contribution in [0.25, 0.3) is 6.08 Å². The highest BCUT2D eigenvalue weighted by molar-refractivity contribution is 7.07. The van der Waals surface area contributed by atoms with Gasteiger partial charge in [-0.1, -0.05) is 35.6 Å². The molecule has 0 spiro atoms. The van der Waals surface area contributed by atoms with Crippen LogP contribution < -0.4 is 24.4 Å². The topological polar surface area (TPSA) is 79.1 Å². The molecule has 0 N–H and O–H groups in total. The highest BCUT2D eigenvalue weighted by Gasteiger charge is 2.35. The van der Waals surface area contributed by atoms with Crippen LogP contribution in [-0.4, -0.2) is 30.4 Å². The molecule has 1 atom stereocenters. The average molecular weight is 507 g/mol. The molecule has 0 amide bonds. The Morgan fingerprint density at radius 2 is 1.92 bits per heavy atom. The minimum Gasteiger partial charge on any atom is -0.496 e. The van der Waals surface area contributed by atoms with Crippen LogP contribution in [0.4, 0.5) is 0 Å². The Morgan fingerprint density at radius 1 is 1.17 bits per heavy atom. The van der Waals surface area contributed by atoms with Crippen molar-refractivity contribution in [2.45, 2.75) is 46.8 Å². The van der Waals surface area contributed by atoms with Crippen molar-refractivity contribution in [3.05, 3.63) is 90.1 Å². The van der Waals surface area contributed by atoms with Gasteiger partial charge in [-0.25, -0.2) is 9.79 Å².